The number of carbonyl (C=O) groups is 3. The Morgan fingerprint density at radius 1 is 0.966 bits per heavy atom. The lowest BCUT2D eigenvalue weighted by Crippen LogP contribution is -2.39. The van der Waals surface area contributed by atoms with Crippen molar-refractivity contribution in [2.24, 2.45) is 23.7 Å². The van der Waals surface area contributed by atoms with Gasteiger partial charge in [0.25, 0.3) is 0 Å². The molecule has 2 saturated carbocycles. The molecule has 3 fully saturated rings. The van der Waals surface area contributed by atoms with Crippen LogP contribution in [0.15, 0.2) is 54.6 Å². The van der Waals surface area contributed by atoms with Gasteiger partial charge < -0.3 is 5.32 Å². The van der Waals surface area contributed by atoms with Gasteiger partial charge in [0, 0.05) is 9.26 Å². The van der Waals surface area contributed by atoms with E-state index in [0.717, 1.165) is 16.4 Å². The maximum absolute atomic E-state index is 13.1. The molecule has 2 aliphatic carbocycles. The van der Waals surface area contributed by atoms with Crippen molar-refractivity contribution in [1.29, 1.82) is 0 Å². The van der Waals surface area contributed by atoms with E-state index >= 15 is 0 Å². The second-order valence-electron chi connectivity index (χ2n) is 8.28. The lowest BCUT2D eigenvalue weighted by Gasteiger charge is -2.28. The first kappa shape index (κ1) is 18.8. The van der Waals surface area contributed by atoms with Gasteiger partial charge in [-0.3, -0.25) is 19.3 Å². The van der Waals surface area contributed by atoms with Gasteiger partial charge in [0.05, 0.1) is 11.8 Å². The molecule has 0 spiro atoms. The summed E-state index contributed by atoms with van der Waals surface area (Å²) in [6, 6.07) is 17.7. The molecule has 148 valence electrons. The number of anilines is 1. The van der Waals surface area contributed by atoms with Gasteiger partial charge >= 0.3 is 0 Å². The standard InChI is InChI=1S/C23H21IN2O3/c24-15-6-8-16(9-7-15)25-19(27)12-26-22(28)20-14-10-17(13-4-2-1-3-5-13)18(11-14)21(20)23(26)29/h1-9,14,17-18,20-21H,10-12H2,(H,25,27)/t14-,17-,18+,20+,21+/m0/s1. The predicted molar refractivity (Wildman–Crippen MR) is 117 cm³/mol. The van der Waals surface area contributed by atoms with Crippen LogP contribution in [0, 0.1) is 27.2 Å². The summed E-state index contributed by atoms with van der Waals surface area (Å²) in [4.78, 5) is 39.8. The number of nitrogens with zero attached hydrogens (tertiary/aromatic N) is 1. The normalized spacial score (nSPS) is 30.0. The predicted octanol–water partition coefficient (Wildman–Crippen LogP) is 3.65. The van der Waals surface area contributed by atoms with Crippen LogP contribution in [0.2, 0.25) is 0 Å². The first-order valence-corrected chi connectivity index (χ1v) is 11.1. The number of carbonyl (C=O) groups excluding carboxylic acids is 3. The number of rotatable bonds is 4. The van der Waals surface area contributed by atoms with Crippen LogP contribution in [0.3, 0.4) is 0 Å². The van der Waals surface area contributed by atoms with E-state index < -0.39 is 0 Å². The molecule has 1 heterocycles. The molecule has 1 saturated heterocycles. The SMILES string of the molecule is O=C(CN1C(=O)[C@@H]2[C@@H]3C[C@@H]([C@H]2C1=O)[C@H](c1ccccc1)C3)Nc1ccc(I)cc1. The van der Waals surface area contributed by atoms with Crippen molar-refractivity contribution in [3.63, 3.8) is 0 Å². The molecule has 0 aromatic heterocycles. The number of likely N-dealkylation sites (tertiary alicyclic amines) is 1. The van der Waals surface area contributed by atoms with E-state index in [2.05, 4.69) is 40.0 Å². The molecule has 0 radical (unpaired) electrons. The fourth-order valence-electron chi connectivity index (χ4n) is 5.64. The summed E-state index contributed by atoms with van der Waals surface area (Å²) in [5, 5.41) is 2.79. The summed E-state index contributed by atoms with van der Waals surface area (Å²) in [6.45, 7) is -0.202. The Bertz CT molecular complexity index is 975. The third-order valence-corrected chi connectivity index (χ3v) is 7.48. The Kier molecular flexibility index (Phi) is 4.69. The van der Waals surface area contributed by atoms with E-state index in [4.69, 9.17) is 0 Å². The Balaban J connectivity index is 1.31. The molecule has 2 aromatic rings. The highest BCUT2D eigenvalue weighted by atomic mass is 127. The highest BCUT2D eigenvalue weighted by Gasteiger charge is 2.63. The molecule has 1 N–H and O–H groups in total. The Morgan fingerprint density at radius 3 is 2.38 bits per heavy atom. The average Bonchev–Trinajstić information content (AvgIpc) is 3.38. The fourth-order valence-corrected chi connectivity index (χ4v) is 6.00. The number of hydrogen-bond acceptors (Lipinski definition) is 3. The van der Waals surface area contributed by atoms with Crippen molar-refractivity contribution in [1.82, 2.24) is 4.90 Å². The van der Waals surface area contributed by atoms with E-state index in [1.165, 1.54) is 10.5 Å². The first-order chi connectivity index (χ1) is 14.0. The smallest absolute Gasteiger partial charge is 0.244 e. The third-order valence-electron chi connectivity index (χ3n) is 6.76. The second kappa shape index (κ2) is 7.23. The average molecular weight is 500 g/mol. The number of amides is 3. The van der Waals surface area contributed by atoms with Crippen molar-refractivity contribution in [3.05, 3.63) is 63.7 Å². The van der Waals surface area contributed by atoms with Gasteiger partial charge in [0.15, 0.2) is 0 Å². The maximum atomic E-state index is 13.1. The second-order valence-corrected chi connectivity index (χ2v) is 9.53. The third kappa shape index (κ3) is 3.17. The van der Waals surface area contributed by atoms with Gasteiger partial charge in [-0.25, -0.2) is 0 Å². The number of imide groups is 1. The van der Waals surface area contributed by atoms with Gasteiger partial charge in [0.1, 0.15) is 6.54 Å². The molecule has 5 nitrogen and oxygen atoms in total. The number of benzene rings is 2. The van der Waals surface area contributed by atoms with E-state index in [1.807, 2.05) is 42.5 Å². The minimum atomic E-state index is -0.333. The summed E-state index contributed by atoms with van der Waals surface area (Å²) in [5.41, 5.74) is 1.92. The van der Waals surface area contributed by atoms with Crippen molar-refractivity contribution in [3.8, 4) is 0 Å². The lowest BCUT2D eigenvalue weighted by atomic mass is 9.73. The molecule has 0 unspecified atom stereocenters. The lowest BCUT2D eigenvalue weighted by molar-refractivity contribution is -0.143. The quantitative estimate of drug-likeness (QED) is 0.515. The van der Waals surface area contributed by atoms with Crippen LogP contribution in [0.4, 0.5) is 5.69 Å². The van der Waals surface area contributed by atoms with E-state index in [0.29, 0.717) is 11.6 Å². The fraction of sp³-hybridized carbons (Fsp3) is 0.348. The van der Waals surface area contributed by atoms with Gasteiger partial charge in [-0.05, 0) is 83.0 Å². The Labute approximate surface area is 183 Å². The summed E-state index contributed by atoms with van der Waals surface area (Å²) < 4.78 is 1.07. The van der Waals surface area contributed by atoms with E-state index in [9.17, 15) is 14.4 Å². The number of fused-ring (bicyclic) bond motifs is 5. The van der Waals surface area contributed by atoms with Crippen LogP contribution in [-0.2, 0) is 14.4 Å². The molecule has 2 bridgehead atoms. The van der Waals surface area contributed by atoms with E-state index in [-0.39, 0.29) is 47.9 Å². The van der Waals surface area contributed by atoms with Gasteiger partial charge in [-0.1, -0.05) is 30.3 Å². The van der Waals surface area contributed by atoms with Crippen LogP contribution < -0.4 is 5.32 Å². The molecular weight excluding hydrogens is 479 g/mol. The minimum absolute atomic E-state index is 0.156. The highest BCUT2D eigenvalue weighted by molar-refractivity contribution is 14.1. The summed E-state index contributed by atoms with van der Waals surface area (Å²) in [7, 11) is 0. The molecule has 5 atom stereocenters. The van der Waals surface area contributed by atoms with E-state index in [1.54, 1.807) is 0 Å². The molecule has 3 amide bonds. The Morgan fingerprint density at radius 2 is 1.66 bits per heavy atom. The summed E-state index contributed by atoms with van der Waals surface area (Å²) >= 11 is 2.20. The monoisotopic (exact) mass is 500 g/mol. The van der Waals surface area contributed by atoms with Crippen LogP contribution in [0.5, 0.6) is 0 Å². The zero-order chi connectivity index (χ0) is 20.1. The first-order valence-electron chi connectivity index (χ1n) is 9.98. The van der Waals surface area contributed by atoms with Crippen molar-refractivity contribution in [2.45, 2.75) is 18.8 Å². The largest absolute Gasteiger partial charge is 0.325 e. The molecule has 2 aromatic carbocycles. The maximum Gasteiger partial charge on any atom is 0.244 e. The zero-order valence-corrected chi connectivity index (χ0v) is 17.9. The number of nitrogens with one attached hydrogen (secondary N) is 1. The summed E-state index contributed by atoms with van der Waals surface area (Å²) in [5.74, 6) is -0.373. The minimum Gasteiger partial charge on any atom is -0.325 e. The molecule has 29 heavy (non-hydrogen) atoms. The summed E-state index contributed by atoms with van der Waals surface area (Å²) in [6.07, 6.45) is 1.90. The van der Waals surface area contributed by atoms with Crippen molar-refractivity contribution < 1.29 is 14.4 Å². The van der Waals surface area contributed by atoms with Gasteiger partial charge in [-0.15, -0.1) is 0 Å². The van der Waals surface area contributed by atoms with Crippen molar-refractivity contribution >= 4 is 46.0 Å². The number of halogens is 1. The topological polar surface area (TPSA) is 66.5 Å². The molecular formula is C23H21IN2O3. The van der Waals surface area contributed by atoms with Crippen LogP contribution >= 0.6 is 22.6 Å². The van der Waals surface area contributed by atoms with Crippen LogP contribution in [-0.4, -0.2) is 29.2 Å². The van der Waals surface area contributed by atoms with Crippen molar-refractivity contribution in [2.75, 3.05) is 11.9 Å². The number of hydrogen-bond donors (Lipinski definition) is 1. The molecule has 3 aliphatic rings. The molecule has 5 rings (SSSR count). The highest BCUT2D eigenvalue weighted by Crippen LogP contribution is 2.61. The zero-order valence-electron chi connectivity index (χ0n) is 15.8. The molecule has 6 heteroatoms. The van der Waals surface area contributed by atoms with Gasteiger partial charge in [0.2, 0.25) is 17.7 Å². The van der Waals surface area contributed by atoms with Crippen LogP contribution in [0.1, 0.15) is 24.3 Å². The molecule has 1 aliphatic heterocycles. The van der Waals surface area contributed by atoms with Gasteiger partial charge in [-0.2, -0.15) is 0 Å². The Hall–Kier alpha value is -2.22. The van der Waals surface area contributed by atoms with Crippen LogP contribution in [0.25, 0.3) is 0 Å².